The molecule has 1 aliphatic rings. The highest BCUT2D eigenvalue weighted by Gasteiger charge is 2.40. The minimum Gasteiger partial charge on any atom is -0.481 e. The van der Waals surface area contributed by atoms with Crippen LogP contribution in [-0.4, -0.2) is 35.1 Å². The first-order valence-electron chi connectivity index (χ1n) is 7.46. The lowest BCUT2D eigenvalue weighted by atomic mass is 9.86. The lowest BCUT2D eigenvalue weighted by molar-refractivity contribution is -0.138. The number of hydrogen-bond acceptors (Lipinski definition) is 3. The zero-order valence-corrected chi connectivity index (χ0v) is 13.1. The van der Waals surface area contributed by atoms with E-state index >= 15 is 0 Å². The van der Waals surface area contributed by atoms with Gasteiger partial charge in [-0.05, 0) is 37.6 Å². The minimum atomic E-state index is -0.871. The van der Waals surface area contributed by atoms with Crippen molar-refractivity contribution in [3.63, 3.8) is 0 Å². The number of carbonyl (C=O) groups excluding carboxylic acids is 1. The summed E-state index contributed by atoms with van der Waals surface area (Å²) in [7, 11) is 0. The van der Waals surface area contributed by atoms with E-state index in [0.29, 0.717) is 6.42 Å². The van der Waals surface area contributed by atoms with Crippen molar-refractivity contribution < 1.29 is 14.7 Å². The van der Waals surface area contributed by atoms with Gasteiger partial charge in [0.2, 0.25) is 5.91 Å². The fourth-order valence-corrected chi connectivity index (χ4v) is 2.91. The molecule has 1 fully saturated rings. The second kappa shape index (κ2) is 6.57. The van der Waals surface area contributed by atoms with E-state index in [1.54, 1.807) is 0 Å². The van der Waals surface area contributed by atoms with E-state index < -0.39 is 11.5 Å². The minimum absolute atomic E-state index is 0.0180. The van der Waals surface area contributed by atoms with Crippen LogP contribution in [0.15, 0.2) is 0 Å². The highest BCUT2D eigenvalue weighted by molar-refractivity contribution is 5.87. The van der Waals surface area contributed by atoms with Crippen LogP contribution in [-0.2, 0) is 9.59 Å². The van der Waals surface area contributed by atoms with Gasteiger partial charge in [-0.3, -0.25) is 9.59 Å². The summed E-state index contributed by atoms with van der Waals surface area (Å²) in [6.45, 7) is 9.00. The lowest BCUT2D eigenvalue weighted by Crippen LogP contribution is -2.56. The van der Waals surface area contributed by atoms with Crippen molar-refractivity contribution >= 4 is 11.9 Å². The molecule has 0 aliphatic carbocycles. The molecule has 2 unspecified atom stereocenters. The third-order valence-electron chi connectivity index (χ3n) is 3.90. The highest BCUT2D eigenvalue weighted by Crippen LogP contribution is 2.26. The van der Waals surface area contributed by atoms with Crippen LogP contribution in [0.25, 0.3) is 0 Å². The van der Waals surface area contributed by atoms with Gasteiger partial charge in [0.25, 0.3) is 0 Å². The Morgan fingerprint density at radius 2 is 2.05 bits per heavy atom. The number of carboxylic acid groups (broad SMARTS) is 1. The maximum Gasteiger partial charge on any atom is 0.305 e. The Morgan fingerprint density at radius 1 is 1.40 bits per heavy atom. The van der Waals surface area contributed by atoms with Gasteiger partial charge in [0.1, 0.15) is 0 Å². The van der Waals surface area contributed by atoms with Gasteiger partial charge in [0.05, 0.1) is 12.0 Å². The summed E-state index contributed by atoms with van der Waals surface area (Å²) in [6.07, 6.45) is 3.18. The first kappa shape index (κ1) is 17.0. The van der Waals surface area contributed by atoms with Gasteiger partial charge >= 0.3 is 5.97 Å². The molecule has 3 N–H and O–H groups in total. The molecule has 0 aromatic carbocycles. The molecule has 0 radical (unpaired) electrons. The largest absolute Gasteiger partial charge is 0.481 e. The van der Waals surface area contributed by atoms with Crippen molar-refractivity contribution in [1.29, 1.82) is 0 Å². The Bertz CT molecular complexity index is 355. The van der Waals surface area contributed by atoms with Crippen molar-refractivity contribution in [3.05, 3.63) is 0 Å². The molecule has 0 spiro atoms. The molecule has 5 nitrogen and oxygen atoms in total. The Hall–Kier alpha value is -1.10. The van der Waals surface area contributed by atoms with E-state index in [4.69, 9.17) is 5.11 Å². The summed E-state index contributed by atoms with van der Waals surface area (Å²) in [5.74, 6) is -0.919. The van der Waals surface area contributed by atoms with Gasteiger partial charge < -0.3 is 15.7 Å². The van der Waals surface area contributed by atoms with E-state index in [1.165, 1.54) is 0 Å². The van der Waals surface area contributed by atoms with Crippen LogP contribution in [0.5, 0.6) is 0 Å². The van der Waals surface area contributed by atoms with Crippen LogP contribution in [0.1, 0.15) is 59.8 Å². The molecule has 1 amide bonds. The van der Waals surface area contributed by atoms with E-state index in [0.717, 1.165) is 25.8 Å². The van der Waals surface area contributed by atoms with Crippen molar-refractivity contribution in [3.8, 4) is 0 Å². The standard InChI is InChI=1S/C15H28N2O3/c1-5-15(7-6-8-16-15)13(20)17-11(9-12(18)19)10-14(2,3)4/h11,16H,5-10H2,1-4H3,(H,17,20)(H,18,19). The molecule has 1 aliphatic heterocycles. The maximum atomic E-state index is 12.5. The fourth-order valence-electron chi connectivity index (χ4n) is 2.91. The molecule has 0 saturated carbocycles. The Kier molecular flexibility index (Phi) is 5.57. The van der Waals surface area contributed by atoms with Gasteiger partial charge in [-0.25, -0.2) is 0 Å². The molecule has 1 rings (SSSR count). The first-order chi connectivity index (χ1) is 9.18. The molecule has 0 bridgehead atoms. The van der Waals surface area contributed by atoms with Crippen molar-refractivity contribution in [2.75, 3.05) is 6.54 Å². The number of carbonyl (C=O) groups is 2. The Balaban J connectivity index is 2.72. The second-order valence-electron chi connectivity index (χ2n) is 7.00. The number of amides is 1. The summed E-state index contributed by atoms with van der Waals surface area (Å²) in [6, 6.07) is -0.314. The average molecular weight is 284 g/mol. The summed E-state index contributed by atoms with van der Waals surface area (Å²) in [5.41, 5.74) is -0.523. The van der Waals surface area contributed by atoms with E-state index in [2.05, 4.69) is 31.4 Å². The third-order valence-corrected chi connectivity index (χ3v) is 3.90. The Labute approximate surface area is 121 Å². The van der Waals surface area contributed by atoms with Gasteiger partial charge in [0.15, 0.2) is 0 Å². The predicted molar refractivity (Wildman–Crippen MR) is 78.5 cm³/mol. The SMILES string of the molecule is CCC1(C(=O)NC(CC(=O)O)CC(C)(C)C)CCCN1. The molecule has 1 saturated heterocycles. The summed E-state index contributed by atoms with van der Waals surface area (Å²) < 4.78 is 0. The summed E-state index contributed by atoms with van der Waals surface area (Å²) >= 11 is 0. The van der Waals surface area contributed by atoms with Gasteiger partial charge in [-0.15, -0.1) is 0 Å². The molecule has 2 atom stereocenters. The van der Waals surface area contributed by atoms with Crippen molar-refractivity contribution in [2.45, 2.75) is 71.4 Å². The maximum absolute atomic E-state index is 12.5. The number of hydrogen-bond donors (Lipinski definition) is 3. The summed E-state index contributed by atoms with van der Waals surface area (Å²) in [4.78, 5) is 23.5. The van der Waals surface area contributed by atoms with Crippen LogP contribution in [0.3, 0.4) is 0 Å². The number of carboxylic acids is 1. The van der Waals surface area contributed by atoms with Gasteiger partial charge in [0, 0.05) is 6.04 Å². The molecule has 5 heteroatoms. The van der Waals surface area contributed by atoms with Gasteiger partial charge in [-0.1, -0.05) is 27.7 Å². The average Bonchev–Trinajstić information content (AvgIpc) is 2.75. The smallest absolute Gasteiger partial charge is 0.305 e. The number of nitrogens with one attached hydrogen (secondary N) is 2. The van der Waals surface area contributed by atoms with Crippen LogP contribution in [0, 0.1) is 5.41 Å². The van der Waals surface area contributed by atoms with E-state index in [1.807, 2.05) is 6.92 Å². The van der Waals surface area contributed by atoms with Crippen LogP contribution < -0.4 is 10.6 Å². The zero-order chi connectivity index (χ0) is 15.4. The number of rotatable bonds is 6. The van der Waals surface area contributed by atoms with Crippen LogP contribution in [0.2, 0.25) is 0 Å². The monoisotopic (exact) mass is 284 g/mol. The molecule has 0 aromatic heterocycles. The predicted octanol–water partition coefficient (Wildman–Crippen LogP) is 1.91. The second-order valence-corrected chi connectivity index (χ2v) is 7.00. The molecular weight excluding hydrogens is 256 g/mol. The molecule has 0 aromatic rings. The third kappa shape index (κ3) is 4.78. The molecule has 20 heavy (non-hydrogen) atoms. The van der Waals surface area contributed by atoms with E-state index in [9.17, 15) is 9.59 Å². The summed E-state index contributed by atoms with van der Waals surface area (Å²) in [5, 5.41) is 15.3. The molecule has 116 valence electrons. The Morgan fingerprint density at radius 3 is 2.45 bits per heavy atom. The molecule has 1 heterocycles. The molecular formula is C15H28N2O3. The van der Waals surface area contributed by atoms with Crippen LogP contribution in [0.4, 0.5) is 0 Å². The first-order valence-corrected chi connectivity index (χ1v) is 7.46. The van der Waals surface area contributed by atoms with Crippen molar-refractivity contribution in [1.82, 2.24) is 10.6 Å². The zero-order valence-electron chi connectivity index (χ0n) is 13.1. The number of aliphatic carboxylic acids is 1. The topological polar surface area (TPSA) is 78.4 Å². The lowest BCUT2D eigenvalue weighted by Gasteiger charge is -2.31. The van der Waals surface area contributed by atoms with Crippen LogP contribution >= 0.6 is 0 Å². The fraction of sp³-hybridized carbons (Fsp3) is 0.867. The quantitative estimate of drug-likeness (QED) is 0.696. The highest BCUT2D eigenvalue weighted by atomic mass is 16.4. The van der Waals surface area contributed by atoms with Gasteiger partial charge in [-0.2, -0.15) is 0 Å². The van der Waals surface area contributed by atoms with Crippen molar-refractivity contribution in [2.24, 2.45) is 5.41 Å². The van der Waals surface area contributed by atoms with E-state index in [-0.39, 0.29) is 23.8 Å². The normalized spacial score (nSPS) is 24.4.